The molecule has 0 spiro atoms. The molecular weight excluding hydrogens is 208 g/mol. The van der Waals surface area contributed by atoms with Crippen molar-refractivity contribution in [3.8, 4) is 0 Å². The van der Waals surface area contributed by atoms with Gasteiger partial charge in [-0.05, 0) is 6.92 Å². The van der Waals surface area contributed by atoms with Gasteiger partial charge in [0.25, 0.3) is 5.60 Å². The summed E-state index contributed by atoms with van der Waals surface area (Å²) in [6.45, 7) is 0.215. The van der Waals surface area contributed by atoms with E-state index < -0.39 is 42.3 Å². The lowest BCUT2D eigenvalue weighted by Crippen LogP contribution is -2.51. The Morgan fingerprint density at radius 1 is 1.47 bits per heavy atom. The lowest BCUT2D eigenvalue weighted by atomic mass is 9.92. The van der Waals surface area contributed by atoms with E-state index in [1.807, 2.05) is 0 Å². The second-order valence-corrected chi connectivity index (χ2v) is 3.37. The molecule has 1 aliphatic rings. The number of hydrogen-bond donors (Lipinski definition) is 4. The van der Waals surface area contributed by atoms with Crippen molar-refractivity contribution in [2.24, 2.45) is 0 Å². The van der Waals surface area contributed by atoms with Gasteiger partial charge in [-0.2, -0.15) is 0 Å². The Morgan fingerprint density at radius 3 is 2.20 bits per heavy atom. The van der Waals surface area contributed by atoms with Crippen LogP contribution < -0.4 is 0 Å². The first-order valence-electron chi connectivity index (χ1n) is 4.27. The summed E-state index contributed by atoms with van der Waals surface area (Å²) < 4.78 is 4.35. The second kappa shape index (κ2) is 3.86. The van der Waals surface area contributed by atoms with E-state index in [9.17, 15) is 19.8 Å². The van der Waals surface area contributed by atoms with Crippen LogP contribution in [0.25, 0.3) is 0 Å². The van der Waals surface area contributed by atoms with E-state index in [1.54, 1.807) is 0 Å². The molecule has 4 atom stereocenters. The standard InChI is InChI=1S/C8H12O7/c1-3(10)8(7(14)15-8)6(13)5(12)4(11)2-9/h4-6,9,11-13H,2H2,1H3/t4-,5+,6+,8+/m1/s1. The van der Waals surface area contributed by atoms with Gasteiger partial charge in [-0.25, -0.2) is 4.79 Å². The van der Waals surface area contributed by atoms with Crippen LogP contribution in [0.15, 0.2) is 0 Å². The van der Waals surface area contributed by atoms with Crippen molar-refractivity contribution < 1.29 is 34.8 Å². The summed E-state index contributed by atoms with van der Waals surface area (Å²) in [5.41, 5.74) is -2.07. The number of rotatable bonds is 5. The molecule has 0 aromatic heterocycles. The maximum absolute atomic E-state index is 11.0. The first-order chi connectivity index (χ1) is 6.87. The molecule has 0 unspecified atom stereocenters. The van der Waals surface area contributed by atoms with Gasteiger partial charge in [0.15, 0.2) is 5.78 Å². The molecule has 0 saturated carbocycles. The third kappa shape index (κ3) is 1.74. The van der Waals surface area contributed by atoms with E-state index in [1.165, 1.54) is 0 Å². The number of hydrogen-bond acceptors (Lipinski definition) is 7. The Kier molecular flexibility index (Phi) is 3.10. The maximum Gasteiger partial charge on any atom is 0.363 e. The summed E-state index contributed by atoms with van der Waals surface area (Å²) in [6, 6.07) is 0. The molecule has 1 rings (SSSR count). The van der Waals surface area contributed by atoms with Crippen LogP contribution in [-0.2, 0) is 14.3 Å². The second-order valence-electron chi connectivity index (χ2n) is 3.37. The third-order valence-corrected chi connectivity index (χ3v) is 2.36. The molecule has 0 amide bonds. The zero-order valence-electron chi connectivity index (χ0n) is 7.95. The van der Waals surface area contributed by atoms with E-state index in [0.29, 0.717) is 0 Å². The number of aliphatic hydroxyl groups is 4. The van der Waals surface area contributed by atoms with Crippen LogP contribution >= 0.6 is 0 Å². The van der Waals surface area contributed by atoms with Crippen LogP contribution in [-0.4, -0.2) is 62.7 Å². The summed E-state index contributed by atoms with van der Waals surface area (Å²) in [6.07, 6.45) is -5.36. The summed E-state index contributed by atoms with van der Waals surface area (Å²) in [4.78, 5) is 21.9. The molecule has 15 heavy (non-hydrogen) atoms. The minimum Gasteiger partial charge on any atom is -0.432 e. The number of epoxide rings is 1. The van der Waals surface area contributed by atoms with Crippen LogP contribution in [0.5, 0.6) is 0 Å². The molecule has 0 aromatic carbocycles. The van der Waals surface area contributed by atoms with E-state index >= 15 is 0 Å². The SMILES string of the molecule is CC(=O)[C@@]1([C@@H](O)[C@@H](O)[C@H](O)CO)OC1=O. The minimum absolute atomic E-state index is 0.760. The molecule has 0 aromatic rings. The largest absolute Gasteiger partial charge is 0.432 e. The predicted molar refractivity (Wildman–Crippen MR) is 44.6 cm³/mol. The summed E-state index contributed by atoms with van der Waals surface area (Å²) >= 11 is 0. The number of carbonyl (C=O) groups excluding carboxylic acids is 2. The lowest BCUT2D eigenvalue weighted by Gasteiger charge is -2.22. The van der Waals surface area contributed by atoms with Crippen LogP contribution in [0, 0.1) is 0 Å². The van der Waals surface area contributed by atoms with Crippen LogP contribution in [0.2, 0.25) is 0 Å². The monoisotopic (exact) mass is 220 g/mol. The molecule has 7 heteroatoms. The Hall–Kier alpha value is -1.02. The van der Waals surface area contributed by atoms with Crippen molar-refractivity contribution in [3.05, 3.63) is 0 Å². The van der Waals surface area contributed by atoms with Gasteiger partial charge in [0.2, 0.25) is 0 Å². The average molecular weight is 220 g/mol. The van der Waals surface area contributed by atoms with Crippen molar-refractivity contribution >= 4 is 11.8 Å². The van der Waals surface area contributed by atoms with Gasteiger partial charge in [0, 0.05) is 0 Å². The molecule has 86 valence electrons. The molecule has 0 aliphatic carbocycles. The van der Waals surface area contributed by atoms with Gasteiger partial charge < -0.3 is 25.2 Å². The fraction of sp³-hybridized carbons (Fsp3) is 0.750. The number of ketones is 1. The normalized spacial score (nSPS) is 30.3. The van der Waals surface area contributed by atoms with Crippen molar-refractivity contribution in [2.75, 3.05) is 6.61 Å². The number of ether oxygens (including phenoxy) is 1. The number of cyclic esters (lactones) is 1. The molecule has 4 N–H and O–H groups in total. The lowest BCUT2D eigenvalue weighted by molar-refractivity contribution is -0.137. The average Bonchev–Trinajstić information content (AvgIpc) is 2.88. The molecule has 1 heterocycles. The smallest absolute Gasteiger partial charge is 0.363 e. The Labute approximate surface area is 84.9 Å². The highest BCUT2D eigenvalue weighted by Crippen LogP contribution is 2.36. The van der Waals surface area contributed by atoms with Gasteiger partial charge in [-0.3, -0.25) is 4.79 Å². The predicted octanol–water partition coefficient (Wildman–Crippen LogP) is -3.05. The maximum atomic E-state index is 11.0. The first-order valence-corrected chi connectivity index (χ1v) is 4.27. The number of carbonyl (C=O) groups is 2. The van der Waals surface area contributed by atoms with Gasteiger partial charge in [-0.15, -0.1) is 0 Å². The molecular formula is C8H12O7. The van der Waals surface area contributed by atoms with Crippen molar-refractivity contribution in [1.82, 2.24) is 0 Å². The van der Waals surface area contributed by atoms with Crippen LogP contribution in [0.1, 0.15) is 6.92 Å². The van der Waals surface area contributed by atoms with E-state index in [4.69, 9.17) is 10.2 Å². The quantitative estimate of drug-likeness (QED) is 0.286. The van der Waals surface area contributed by atoms with Gasteiger partial charge in [0.05, 0.1) is 6.61 Å². The minimum atomic E-state index is -2.07. The van der Waals surface area contributed by atoms with E-state index in [0.717, 1.165) is 6.92 Å². The van der Waals surface area contributed by atoms with Crippen molar-refractivity contribution in [3.63, 3.8) is 0 Å². The third-order valence-electron chi connectivity index (χ3n) is 2.36. The summed E-state index contributed by atoms with van der Waals surface area (Å²) in [7, 11) is 0. The van der Waals surface area contributed by atoms with E-state index in [-0.39, 0.29) is 0 Å². The van der Waals surface area contributed by atoms with E-state index in [2.05, 4.69) is 4.74 Å². The number of Topliss-reactive ketones (excluding diaryl/α,β-unsaturated/α-hetero) is 1. The van der Waals surface area contributed by atoms with Gasteiger partial charge in [-0.1, -0.05) is 0 Å². The van der Waals surface area contributed by atoms with Gasteiger partial charge >= 0.3 is 5.97 Å². The van der Waals surface area contributed by atoms with Crippen LogP contribution in [0.3, 0.4) is 0 Å². The molecule has 1 fully saturated rings. The summed E-state index contributed by atoms with van der Waals surface area (Å²) in [5.74, 6) is -1.71. The highest BCUT2D eigenvalue weighted by Gasteiger charge is 2.69. The molecule has 0 radical (unpaired) electrons. The van der Waals surface area contributed by atoms with Crippen molar-refractivity contribution in [2.45, 2.75) is 30.8 Å². The topological polar surface area (TPSA) is 128 Å². The molecule has 7 nitrogen and oxygen atoms in total. The number of aliphatic hydroxyl groups excluding tert-OH is 4. The zero-order chi connectivity index (χ0) is 11.8. The zero-order valence-corrected chi connectivity index (χ0v) is 7.95. The Balaban J connectivity index is 2.80. The van der Waals surface area contributed by atoms with Crippen LogP contribution in [0.4, 0.5) is 0 Å². The fourth-order valence-electron chi connectivity index (χ4n) is 1.28. The summed E-state index contributed by atoms with van der Waals surface area (Å²) in [5, 5.41) is 36.3. The highest BCUT2D eigenvalue weighted by atomic mass is 16.7. The highest BCUT2D eigenvalue weighted by molar-refractivity contribution is 6.16. The first kappa shape index (κ1) is 12.1. The molecule has 1 aliphatic heterocycles. The van der Waals surface area contributed by atoms with Crippen molar-refractivity contribution in [1.29, 1.82) is 0 Å². The Morgan fingerprint density at radius 2 is 1.93 bits per heavy atom. The molecule has 1 saturated heterocycles. The van der Waals surface area contributed by atoms with Gasteiger partial charge in [0.1, 0.15) is 18.3 Å². The Bertz CT molecular complexity index is 289. The fourth-order valence-corrected chi connectivity index (χ4v) is 1.28. The molecule has 0 bridgehead atoms.